The first-order valence-corrected chi connectivity index (χ1v) is 6.62. The number of benzene rings is 1. The molecule has 0 spiro atoms. The molecule has 5 heteroatoms. The van der Waals surface area contributed by atoms with Gasteiger partial charge in [-0.25, -0.2) is 4.39 Å². The zero-order valence-corrected chi connectivity index (χ0v) is 11.7. The first-order chi connectivity index (χ1) is 7.30. The highest BCUT2D eigenvalue weighted by Gasteiger charge is 2.25. The van der Waals surface area contributed by atoms with Crippen LogP contribution in [-0.4, -0.2) is 15.5 Å². The lowest BCUT2D eigenvalue weighted by molar-refractivity contribution is 0.562. The lowest BCUT2D eigenvalue weighted by atomic mass is 10.2. The molecule has 0 saturated carbocycles. The molecule has 1 atom stereocenters. The molecule has 0 aliphatic rings. The largest absolute Gasteiger partial charge is 0.591 e. The van der Waals surface area contributed by atoms with Crippen LogP contribution >= 0.6 is 15.9 Å². The van der Waals surface area contributed by atoms with Crippen molar-refractivity contribution in [1.82, 2.24) is 0 Å². The fourth-order valence-electron chi connectivity index (χ4n) is 0.860. The van der Waals surface area contributed by atoms with Crippen LogP contribution < -0.4 is 0 Å². The Morgan fingerprint density at radius 3 is 2.56 bits per heavy atom. The second-order valence-corrected chi connectivity index (χ2v) is 7.06. The predicted molar refractivity (Wildman–Crippen MR) is 69.6 cm³/mol. The molecule has 0 aromatic heterocycles. The van der Waals surface area contributed by atoms with Crippen molar-refractivity contribution < 1.29 is 8.94 Å². The lowest BCUT2D eigenvalue weighted by Gasteiger charge is -2.17. The topological polar surface area (TPSA) is 35.4 Å². The Labute approximate surface area is 106 Å². The normalized spacial score (nSPS) is 14.4. The SMILES string of the molecule is CC(C)(C)[S@@+]([O-])N=Cc1ccc(Br)c(F)c1. The maximum Gasteiger partial charge on any atom is 0.144 e. The van der Waals surface area contributed by atoms with Gasteiger partial charge in [0, 0.05) is 5.56 Å². The minimum absolute atomic E-state index is 0.356. The molecular weight excluding hydrogens is 293 g/mol. The van der Waals surface area contributed by atoms with Crippen LogP contribution in [0.15, 0.2) is 27.1 Å². The maximum absolute atomic E-state index is 13.2. The highest BCUT2D eigenvalue weighted by atomic mass is 79.9. The first kappa shape index (κ1) is 13.7. The van der Waals surface area contributed by atoms with Crippen molar-refractivity contribution in [2.75, 3.05) is 0 Å². The Hall–Kier alpha value is -0.390. The van der Waals surface area contributed by atoms with Gasteiger partial charge < -0.3 is 4.55 Å². The van der Waals surface area contributed by atoms with Gasteiger partial charge in [-0.3, -0.25) is 0 Å². The highest BCUT2D eigenvalue weighted by molar-refractivity contribution is 9.10. The first-order valence-electron chi connectivity index (χ1n) is 4.72. The Kier molecular flexibility index (Phi) is 4.52. The molecule has 0 N–H and O–H groups in total. The number of nitrogens with zero attached hydrogens (tertiary/aromatic N) is 1. The van der Waals surface area contributed by atoms with Crippen molar-refractivity contribution in [2.24, 2.45) is 4.40 Å². The summed E-state index contributed by atoms with van der Waals surface area (Å²) in [5.41, 5.74) is 0.596. The number of hydrogen-bond donors (Lipinski definition) is 0. The molecule has 0 aliphatic heterocycles. The van der Waals surface area contributed by atoms with E-state index in [0.717, 1.165) is 0 Å². The minimum Gasteiger partial charge on any atom is -0.591 e. The highest BCUT2D eigenvalue weighted by Crippen LogP contribution is 2.18. The van der Waals surface area contributed by atoms with Crippen LogP contribution in [0.5, 0.6) is 0 Å². The zero-order valence-electron chi connectivity index (χ0n) is 9.33. The van der Waals surface area contributed by atoms with E-state index in [9.17, 15) is 8.94 Å². The Balaban J connectivity index is 2.81. The molecular formula is C11H13BrFNOS. The maximum atomic E-state index is 13.2. The minimum atomic E-state index is -1.31. The van der Waals surface area contributed by atoms with E-state index in [4.69, 9.17) is 0 Å². The van der Waals surface area contributed by atoms with Gasteiger partial charge in [0.15, 0.2) is 0 Å². The van der Waals surface area contributed by atoms with Gasteiger partial charge in [-0.15, -0.1) is 0 Å². The fraction of sp³-hybridized carbons (Fsp3) is 0.364. The average molecular weight is 306 g/mol. The summed E-state index contributed by atoms with van der Waals surface area (Å²) in [4.78, 5) is 0. The van der Waals surface area contributed by atoms with Crippen LogP contribution in [0.25, 0.3) is 0 Å². The quantitative estimate of drug-likeness (QED) is 0.608. The summed E-state index contributed by atoms with van der Waals surface area (Å²) in [6.07, 6.45) is 1.43. The molecule has 0 radical (unpaired) electrons. The van der Waals surface area contributed by atoms with Crippen LogP contribution in [0.2, 0.25) is 0 Å². The van der Waals surface area contributed by atoms with E-state index >= 15 is 0 Å². The molecule has 0 heterocycles. The Morgan fingerprint density at radius 2 is 2.06 bits per heavy atom. The number of halogens is 2. The van der Waals surface area contributed by atoms with Crippen LogP contribution in [0.3, 0.4) is 0 Å². The fourth-order valence-corrected chi connectivity index (χ4v) is 1.64. The third kappa shape index (κ3) is 3.88. The summed E-state index contributed by atoms with van der Waals surface area (Å²) in [6, 6.07) is 4.64. The second kappa shape index (κ2) is 5.29. The van der Waals surface area contributed by atoms with E-state index in [0.29, 0.717) is 10.0 Å². The van der Waals surface area contributed by atoms with Gasteiger partial charge in [0.1, 0.15) is 21.9 Å². The monoisotopic (exact) mass is 305 g/mol. The van der Waals surface area contributed by atoms with Gasteiger partial charge >= 0.3 is 0 Å². The lowest BCUT2D eigenvalue weighted by Crippen LogP contribution is -2.25. The van der Waals surface area contributed by atoms with Crippen molar-refractivity contribution >= 4 is 33.5 Å². The van der Waals surface area contributed by atoms with Gasteiger partial charge in [0.25, 0.3) is 0 Å². The van der Waals surface area contributed by atoms with E-state index in [2.05, 4.69) is 20.3 Å². The third-order valence-corrected chi connectivity index (χ3v) is 3.75. The van der Waals surface area contributed by atoms with E-state index in [1.54, 1.807) is 12.1 Å². The van der Waals surface area contributed by atoms with Crippen molar-refractivity contribution in [3.63, 3.8) is 0 Å². The standard InChI is InChI=1S/C11H13BrFNOS/c1-11(2,3)16(15)14-7-8-4-5-9(12)10(13)6-8/h4-7H,1-3H3/t16-/m1/s1. The molecule has 0 aliphatic carbocycles. The molecule has 0 bridgehead atoms. The molecule has 0 amide bonds. The predicted octanol–water partition coefficient (Wildman–Crippen LogP) is 3.47. The van der Waals surface area contributed by atoms with E-state index < -0.39 is 16.1 Å². The molecule has 1 aromatic rings. The van der Waals surface area contributed by atoms with Gasteiger partial charge in [0.05, 0.1) is 10.7 Å². The van der Waals surface area contributed by atoms with E-state index in [1.807, 2.05) is 20.8 Å². The summed E-state index contributed by atoms with van der Waals surface area (Å²) < 4.78 is 28.7. The second-order valence-electron chi connectivity index (χ2n) is 4.27. The van der Waals surface area contributed by atoms with E-state index in [1.165, 1.54) is 12.3 Å². The van der Waals surface area contributed by atoms with Crippen LogP contribution in [-0.2, 0) is 11.4 Å². The van der Waals surface area contributed by atoms with Crippen molar-refractivity contribution in [1.29, 1.82) is 0 Å². The summed E-state index contributed by atoms with van der Waals surface area (Å²) in [7, 11) is 0. The Bertz CT molecular complexity index is 403. The van der Waals surface area contributed by atoms with Crippen molar-refractivity contribution in [3.8, 4) is 0 Å². The van der Waals surface area contributed by atoms with Gasteiger partial charge in [-0.1, -0.05) is 10.5 Å². The summed E-state index contributed by atoms with van der Waals surface area (Å²) in [5, 5.41) is 0. The molecule has 2 nitrogen and oxygen atoms in total. The summed E-state index contributed by atoms with van der Waals surface area (Å²) >= 11 is 1.75. The molecule has 1 aromatic carbocycles. The van der Waals surface area contributed by atoms with Crippen molar-refractivity contribution in [2.45, 2.75) is 25.5 Å². The molecule has 88 valence electrons. The summed E-state index contributed by atoms with van der Waals surface area (Å²) in [5.74, 6) is -0.356. The van der Waals surface area contributed by atoms with Gasteiger partial charge in [0.2, 0.25) is 0 Å². The molecule has 1 rings (SSSR count). The smallest absolute Gasteiger partial charge is 0.144 e. The zero-order chi connectivity index (χ0) is 12.3. The van der Waals surface area contributed by atoms with Crippen LogP contribution in [0.4, 0.5) is 4.39 Å². The third-order valence-electron chi connectivity index (χ3n) is 1.77. The molecule has 0 unspecified atom stereocenters. The van der Waals surface area contributed by atoms with Crippen molar-refractivity contribution in [3.05, 3.63) is 34.1 Å². The molecule has 0 saturated heterocycles. The number of rotatable bonds is 2. The van der Waals surface area contributed by atoms with Gasteiger partial charge in [-0.05, 0) is 48.8 Å². The van der Waals surface area contributed by atoms with Gasteiger partial charge in [-0.2, -0.15) is 0 Å². The Morgan fingerprint density at radius 1 is 1.44 bits per heavy atom. The summed E-state index contributed by atoms with van der Waals surface area (Å²) in [6.45, 7) is 5.51. The van der Waals surface area contributed by atoms with Crippen LogP contribution in [0, 0.1) is 5.82 Å². The average Bonchev–Trinajstić information content (AvgIpc) is 2.18. The number of hydrogen-bond acceptors (Lipinski definition) is 2. The molecule has 16 heavy (non-hydrogen) atoms. The van der Waals surface area contributed by atoms with Crippen LogP contribution in [0.1, 0.15) is 26.3 Å². The van der Waals surface area contributed by atoms with E-state index in [-0.39, 0.29) is 5.82 Å². The molecule has 0 fully saturated rings.